The molecule has 0 aliphatic carbocycles. The van der Waals surface area contributed by atoms with E-state index in [1.54, 1.807) is 4.90 Å². The van der Waals surface area contributed by atoms with Crippen LogP contribution in [0.4, 0.5) is 4.39 Å². The molecule has 6 heteroatoms. The predicted molar refractivity (Wildman–Crippen MR) is 138 cm³/mol. The molecule has 0 bridgehead atoms. The third-order valence-electron chi connectivity index (χ3n) is 7.06. The van der Waals surface area contributed by atoms with Crippen molar-refractivity contribution < 1.29 is 18.7 Å². The Morgan fingerprint density at radius 2 is 1.56 bits per heavy atom. The lowest BCUT2D eigenvalue weighted by Gasteiger charge is -2.29. The Morgan fingerprint density at radius 1 is 0.972 bits per heavy atom. The maximum absolute atomic E-state index is 14.0. The Morgan fingerprint density at radius 3 is 2.11 bits per heavy atom. The van der Waals surface area contributed by atoms with Crippen molar-refractivity contribution in [1.82, 2.24) is 9.80 Å². The molecular formula is C30H33FN2O3. The van der Waals surface area contributed by atoms with Gasteiger partial charge in [0.25, 0.3) is 0 Å². The fourth-order valence-electron chi connectivity index (χ4n) is 5.04. The summed E-state index contributed by atoms with van der Waals surface area (Å²) < 4.78 is 18.3. The number of carbonyl (C=O) groups excluding carboxylic acids is 2. The molecule has 2 atom stereocenters. The second kappa shape index (κ2) is 12.0. The molecule has 36 heavy (non-hydrogen) atoms. The van der Waals surface area contributed by atoms with E-state index in [2.05, 4.69) is 4.90 Å². The number of methoxy groups -OCH3 is 1. The Balaban J connectivity index is 1.50. The standard InChI is InChI=1S/C30H33FN2O3/c1-32(19-9-10-22-15-17-25(31)18-16-22)26-20-27(30(35)36-2)33(21-26)29(34)28(23-11-5-3-6-12-23)24-13-7-4-8-14-24/h3-8,11-18,26-28H,9-10,19-21H2,1-2H3. The van der Waals surface area contributed by atoms with Crippen molar-refractivity contribution in [2.75, 3.05) is 27.2 Å². The van der Waals surface area contributed by atoms with Crippen molar-refractivity contribution in [1.29, 1.82) is 0 Å². The Hall–Kier alpha value is -3.51. The first-order valence-electron chi connectivity index (χ1n) is 12.4. The molecule has 5 nitrogen and oxygen atoms in total. The van der Waals surface area contributed by atoms with Crippen LogP contribution in [0, 0.1) is 5.82 Å². The third-order valence-corrected chi connectivity index (χ3v) is 7.06. The van der Waals surface area contributed by atoms with Crippen molar-refractivity contribution in [2.45, 2.75) is 37.3 Å². The summed E-state index contributed by atoms with van der Waals surface area (Å²) in [5, 5.41) is 0. The first-order valence-corrected chi connectivity index (χ1v) is 12.4. The van der Waals surface area contributed by atoms with Gasteiger partial charge in [-0.2, -0.15) is 0 Å². The van der Waals surface area contributed by atoms with Gasteiger partial charge in [0.1, 0.15) is 11.9 Å². The molecule has 0 spiro atoms. The zero-order valence-electron chi connectivity index (χ0n) is 20.8. The Bertz CT molecular complexity index is 1100. The molecule has 0 N–H and O–H groups in total. The molecule has 0 saturated carbocycles. The van der Waals surface area contributed by atoms with E-state index in [9.17, 15) is 14.0 Å². The Kier molecular flexibility index (Phi) is 8.49. The van der Waals surface area contributed by atoms with Gasteiger partial charge in [-0.15, -0.1) is 0 Å². The van der Waals surface area contributed by atoms with E-state index in [-0.39, 0.29) is 23.7 Å². The fourth-order valence-corrected chi connectivity index (χ4v) is 5.04. The van der Waals surface area contributed by atoms with Gasteiger partial charge >= 0.3 is 5.97 Å². The van der Waals surface area contributed by atoms with Crippen LogP contribution in [-0.4, -0.2) is 61.0 Å². The average Bonchev–Trinajstić information content (AvgIpc) is 3.36. The van der Waals surface area contributed by atoms with E-state index >= 15 is 0 Å². The van der Waals surface area contributed by atoms with E-state index in [1.165, 1.54) is 19.2 Å². The minimum atomic E-state index is -0.623. The number of rotatable bonds is 9. The van der Waals surface area contributed by atoms with Gasteiger partial charge in [-0.1, -0.05) is 72.8 Å². The number of likely N-dealkylation sites (tertiary alicyclic amines) is 1. The lowest BCUT2D eigenvalue weighted by molar-refractivity contribution is -0.151. The zero-order valence-corrected chi connectivity index (χ0v) is 20.8. The molecule has 3 aromatic rings. The average molecular weight is 489 g/mol. The minimum absolute atomic E-state index is 0.0402. The van der Waals surface area contributed by atoms with Gasteiger partial charge in [-0.05, 0) is 61.7 Å². The zero-order chi connectivity index (χ0) is 25.5. The largest absolute Gasteiger partial charge is 0.467 e. The Labute approximate surface area is 212 Å². The molecule has 3 aromatic carbocycles. The van der Waals surface area contributed by atoms with Crippen LogP contribution < -0.4 is 0 Å². The maximum Gasteiger partial charge on any atom is 0.328 e. The highest BCUT2D eigenvalue weighted by Gasteiger charge is 2.44. The van der Waals surface area contributed by atoms with Crippen LogP contribution in [0.5, 0.6) is 0 Å². The number of likely N-dealkylation sites (N-methyl/N-ethyl adjacent to an activating group) is 1. The van der Waals surface area contributed by atoms with Crippen LogP contribution >= 0.6 is 0 Å². The molecule has 1 aliphatic heterocycles. The van der Waals surface area contributed by atoms with Crippen LogP contribution in [0.15, 0.2) is 84.9 Å². The van der Waals surface area contributed by atoms with E-state index in [1.807, 2.05) is 79.8 Å². The molecule has 188 valence electrons. The second-order valence-corrected chi connectivity index (χ2v) is 9.38. The van der Waals surface area contributed by atoms with Gasteiger partial charge in [-0.3, -0.25) is 4.79 Å². The van der Waals surface area contributed by atoms with Crippen LogP contribution in [0.25, 0.3) is 0 Å². The van der Waals surface area contributed by atoms with Crippen molar-refractivity contribution in [2.24, 2.45) is 0 Å². The maximum atomic E-state index is 14.0. The number of nitrogens with zero attached hydrogens (tertiary/aromatic N) is 2. The minimum Gasteiger partial charge on any atom is -0.467 e. The van der Waals surface area contributed by atoms with Gasteiger partial charge in [0.05, 0.1) is 13.0 Å². The molecule has 1 aliphatic rings. The molecule has 0 radical (unpaired) electrons. The first-order chi connectivity index (χ1) is 17.5. The number of carbonyl (C=O) groups is 2. The molecule has 1 amide bonds. The summed E-state index contributed by atoms with van der Waals surface area (Å²) in [6.07, 6.45) is 2.26. The van der Waals surface area contributed by atoms with Crippen LogP contribution in [0.2, 0.25) is 0 Å². The van der Waals surface area contributed by atoms with Gasteiger partial charge in [-0.25, -0.2) is 9.18 Å². The molecule has 4 rings (SSSR count). The summed E-state index contributed by atoms with van der Waals surface area (Å²) in [6.45, 7) is 1.26. The van der Waals surface area contributed by atoms with Crippen LogP contribution in [-0.2, 0) is 20.7 Å². The summed E-state index contributed by atoms with van der Waals surface area (Å²) in [7, 11) is 3.40. The van der Waals surface area contributed by atoms with Crippen molar-refractivity contribution in [3.63, 3.8) is 0 Å². The molecule has 1 saturated heterocycles. The van der Waals surface area contributed by atoms with Gasteiger partial charge in [0.2, 0.25) is 5.91 Å². The van der Waals surface area contributed by atoms with E-state index in [4.69, 9.17) is 4.74 Å². The highest BCUT2D eigenvalue weighted by atomic mass is 19.1. The number of aryl methyl sites for hydroxylation is 1. The van der Waals surface area contributed by atoms with Crippen LogP contribution in [0.1, 0.15) is 35.4 Å². The predicted octanol–water partition coefficient (Wildman–Crippen LogP) is 4.66. The van der Waals surface area contributed by atoms with Crippen LogP contribution in [0.3, 0.4) is 0 Å². The topological polar surface area (TPSA) is 49.9 Å². The first kappa shape index (κ1) is 25.6. The number of esters is 1. The molecular weight excluding hydrogens is 455 g/mol. The quantitative estimate of drug-likeness (QED) is 0.411. The number of hydrogen-bond acceptors (Lipinski definition) is 4. The highest BCUT2D eigenvalue weighted by Crippen LogP contribution is 2.32. The fraction of sp³-hybridized carbons (Fsp3) is 0.333. The van der Waals surface area contributed by atoms with Gasteiger partial charge in [0.15, 0.2) is 0 Å². The number of halogens is 1. The summed E-state index contributed by atoms with van der Waals surface area (Å²) in [4.78, 5) is 30.7. The lowest BCUT2D eigenvalue weighted by atomic mass is 9.90. The van der Waals surface area contributed by atoms with Crippen molar-refractivity contribution in [3.8, 4) is 0 Å². The van der Waals surface area contributed by atoms with Gasteiger partial charge in [0, 0.05) is 12.6 Å². The van der Waals surface area contributed by atoms with E-state index in [0.717, 1.165) is 36.1 Å². The second-order valence-electron chi connectivity index (χ2n) is 9.38. The summed E-state index contributed by atoms with van der Waals surface area (Å²) >= 11 is 0. The van der Waals surface area contributed by atoms with Crippen molar-refractivity contribution >= 4 is 11.9 Å². The van der Waals surface area contributed by atoms with E-state index in [0.29, 0.717) is 13.0 Å². The molecule has 1 fully saturated rings. The third kappa shape index (κ3) is 6.00. The smallest absolute Gasteiger partial charge is 0.328 e. The molecule has 0 aromatic heterocycles. The van der Waals surface area contributed by atoms with E-state index < -0.39 is 12.0 Å². The highest BCUT2D eigenvalue weighted by molar-refractivity contribution is 5.91. The molecule has 1 heterocycles. The number of hydrogen-bond donors (Lipinski definition) is 0. The SMILES string of the molecule is COC(=O)C1CC(N(C)CCCc2ccc(F)cc2)CN1C(=O)C(c1ccccc1)c1ccccc1. The monoisotopic (exact) mass is 488 g/mol. The van der Waals surface area contributed by atoms with Gasteiger partial charge < -0.3 is 14.5 Å². The lowest BCUT2D eigenvalue weighted by Crippen LogP contribution is -2.44. The molecule has 2 unspecified atom stereocenters. The normalized spacial score (nSPS) is 17.5. The number of amides is 1. The number of benzene rings is 3. The van der Waals surface area contributed by atoms with Crippen molar-refractivity contribution in [3.05, 3.63) is 107 Å². The summed E-state index contributed by atoms with van der Waals surface area (Å²) in [5.41, 5.74) is 2.89. The summed E-state index contributed by atoms with van der Waals surface area (Å²) in [6, 6.07) is 25.4. The number of ether oxygens (including phenoxy) is 1. The summed E-state index contributed by atoms with van der Waals surface area (Å²) in [5.74, 6) is -1.21.